The Morgan fingerprint density at radius 3 is 2.81 bits per heavy atom. The van der Waals surface area contributed by atoms with Gasteiger partial charge in [0.25, 0.3) is 5.69 Å². The van der Waals surface area contributed by atoms with Gasteiger partial charge in [0.15, 0.2) is 0 Å². The SMILES string of the molecule is Cc1ccc2nccc(Nc3cccc([N+](=O)[O-])c3)c2c1. The minimum absolute atomic E-state index is 0.0644. The fourth-order valence-corrected chi connectivity index (χ4v) is 2.22. The Morgan fingerprint density at radius 2 is 2.00 bits per heavy atom. The second kappa shape index (κ2) is 5.20. The third kappa shape index (κ3) is 2.67. The van der Waals surface area contributed by atoms with E-state index in [0.29, 0.717) is 5.69 Å². The first kappa shape index (κ1) is 13.1. The monoisotopic (exact) mass is 279 g/mol. The zero-order valence-electron chi connectivity index (χ0n) is 11.4. The number of anilines is 2. The summed E-state index contributed by atoms with van der Waals surface area (Å²) in [4.78, 5) is 14.7. The average Bonchev–Trinajstić information content (AvgIpc) is 2.48. The molecule has 2 aromatic carbocycles. The fourth-order valence-electron chi connectivity index (χ4n) is 2.22. The first-order chi connectivity index (χ1) is 10.1. The van der Waals surface area contributed by atoms with Crippen LogP contribution in [0.3, 0.4) is 0 Å². The average molecular weight is 279 g/mol. The van der Waals surface area contributed by atoms with Gasteiger partial charge in [0.1, 0.15) is 0 Å². The Kier molecular flexibility index (Phi) is 3.23. The number of benzene rings is 2. The quantitative estimate of drug-likeness (QED) is 0.576. The molecule has 104 valence electrons. The van der Waals surface area contributed by atoms with Gasteiger partial charge in [0.05, 0.1) is 10.4 Å². The number of aryl methyl sites for hydroxylation is 1. The number of aromatic nitrogens is 1. The zero-order chi connectivity index (χ0) is 14.8. The molecule has 0 amide bonds. The van der Waals surface area contributed by atoms with E-state index in [2.05, 4.69) is 10.3 Å². The molecule has 1 heterocycles. The predicted octanol–water partition coefficient (Wildman–Crippen LogP) is 4.20. The van der Waals surface area contributed by atoms with Crippen molar-refractivity contribution in [3.8, 4) is 0 Å². The normalized spacial score (nSPS) is 10.5. The van der Waals surface area contributed by atoms with Crippen LogP contribution in [0.15, 0.2) is 54.7 Å². The van der Waals surface area contributed by atoms with Crippen molar-refractivity contribution in [2.45, 2.75) is 6.92 Å². The highest BCUT2D eigenvalue weighted by Gasteiger charge is 2.07. The molecule has 5 heteroatoms. The molecular weight excluding hydrogens is 266 g/mol. The number of nitro groups is 1. The van der Waals surface area contributed by atoms with Gasteiger partial charge in [0.2, 0.25) is 0 Å². The van der Waals surface area contributed by atoms with E-state index >= 15 is 0 Å². The van der Waals surface area contributed by atoms with Crippen LogP contribution in [0.5, 0.6) is 0 Å². The van der Waals surface area contributed by atoms with Crippen LogP contribution in [0.2, 0.25) is 0 Å². The van der Waals surface area contributed by atoms with E-state index in [1.165, 1.54) is 12.1 Å². The summed E-state index contributed by atoms with van der Waals surface area (Å²) >= 11 is 0. The summed E-state index contributed by atoms with van der Waals surface area (Å²) in [5.41, 5.74) is 3.64. The fraction of sp³-hybridized carbons (Fsp3) is 0.0625. The van der Waals surface area contributed by atoms with E-state index in [-0.39, 0.29) is 5.69 Å². The number of hydrogen-bond donors (Lipinski definition) is 1. The molecule has 0 aliphatic carbocycles. The molecule has 3 aromatic rings. The predicted molar refractivity (Wildman–Crippen MR) is 82.9 cm³/mol. The van der Waals surface area contributed by atoms with E-state index in [9.17, 15) is 10.1 Å². The third-order valence-corrected chi connectivity index (χ3v) is 3.23. The molecule has 0 aliphatic heterocycles. The van der Waals surface area contributed by atoms with Gasteiger partial charge in [0, 0.05) is 35.1 Å². The largest absolute Gasteiger partial charge is 0.355 e. The van der Waals surface area contributed by atoms with Gasteiger partial charge in [-0.3, -0.25) is 15.1 Å². The van der Waals surface area contributed by atoms with Crippen LogP contribution >= 0.6 is 0 Å². The molecular formula is C16H13N3O2. The number of hydrogen-bond acceptors (Lipinski definition) is 4. The van der Waals surface area contributed by atoms with Gasteiger partial charge in [-0.25, -0.2) is 0 Å². The Morgan fingerprint density at radius 1 is 1.14 bits per heavy atom. The summed E-state index contributed by atoms with van der Waals surface area (Å²) in [6.45, 7) is 2.02. The lowest BCUT2D eigenvalue weighted by atomic mass is 10.1. The van der Waals surface area contributed by atoms with Crippen molar-refractivity contribution in [3.05, 3.63) is 70.4 Å². The molecule has 0 unspecified atom stereocenters. The van der Waals surface area contributed by atoms with E-state index in [1.807, 2.05) is 31.2 Å². The minimum atomic E-state index is -0.403. The second-order valence-corrected chi connectivity index (χ2v) is 4.81. The van der Waals surface area contributed by atoms with Crippen LogP contribution in [0, 0.1) is 17.0 Å². The van der Waals surface area contributed by atoms with Crippen LogP contribution in [0.4, 0.5) is 17.1 Å². The standard InChI is InChI=1S/C16H13N3O2/c1-11-5-6-15-14(9-11)16(7-8-17-15)18-12-3-2-4-13(10-12)19(20)21/h2-10H,1H3,(H,17,18). The molecule has 0 spiro atoms. The number of nitrogens with zero attached hydrogens (tertiary/aromatic N) is 2. The van der Waals surface area contributed by atoms with Crippen LogP contribution in [0.25, 0.3) is 10.9 Å². The van der Waals surface area contributed by atoms with Crippen molar-refractivity contribution in [1.29, 1.82) is 0 Å². The van der Waals surface area contributed by atoms with E-state index in [4.69, 9.17) is 0 Å². The van der Waals surface area contributed by atoms with Gasteiger partial charge < -0.3 is 5.32 Å². The van der Waals surface area contributed by atoms with E-state index in [1.54, 1.807) is 18.3 Å². The summed E-state index contributed by atoms with van der Waals surface area (Å²) in [6, 6.07) is 14.3. The molecule has 1 N–H and O–H groups in total. The van der Waals surface area contributed by atoms with E-state index in [0.717, 1.165) is 22.2 Å². The second-order valence-electron chi connectivity index (χ2n) is 4.81. The highest BCUT2D eigenvalue weighted by molar-refractivity contribution is 5.93. The summed E-state index contributed by atoms with van der Waals surface area (Å²) in [5, 5.41) is 15.0. The first-order valence-electron chi connectivity index (χ1n) is 6.50. The van der Waals surface area contributed by atoms with Gasteiger partial charge in [-0.1, -0.05) is 17.7 Å². The van der Waals surface area contributed by atoms with Crippen molar-refractivity contribution in [3.63, 3.8) is 0 Å². The van der Waals surface area contributed by atoms with Gasteiger partial charge in [-0.05, 0) is 31.2 Å². The summed E-state index contributed by atoms with van der Waals surface area (Å²) in [7, 11) is 0. The minimum Gasteiger partial charge on any atom is -0.355 e. The Balaban J connectivity index is 2.04. The van der Waals surface area contributed by atoms with Gasteiger partial charge >= 0.3 is 0 Å². The molecule has 21 heavy (non-hydrogen) atoms. The Bertz CT molecular complexity index is 831. The molecule has 0 radical (unpaired) electrons. The molecule has 3 rings (SSSR count). The molecule has 1 aromatic heterocycles. The molecule has 0 saturated heterocycles. The van der Waals surface area contributed by atoms with Crippen molar-refractivity contribution in [2.75, 3.05) is 5.32 Å². The number of fused-ring (bicyclic) bond motifs is 1. The van der Waals surface area contributed by atoms with Crippen molar-refractivity contribution < 1.29 is 4.92 Å². The zero-order valence-corrected chi connectivity index (χ0v) is 11.4. The lowest BCUT2D eigenvalue weighted by Gasteiger charge is -2.10. The number of nitro benzene ring substituents is 1. The summed E-state index contributed by atoms with van der Waals surface area (Å²) in [5.74, 6) is 0. The number of pyridine rings is 1. The molecule has 0 bridgehead atoms. The van der Waals surface area contributed by atoms with Crippen LogP contribution < -0.4 is 5.32 Å². The van der Waals surface area contributed by atoms with Crippen LogP contribution in [-0.2, 0) is 0 Å². The topological polar surface area (TPSA) is 68.1 Å². The van der Waals surface area contributed by atoms with Crippen LogP contribution in [-0.4, -0.2) is 9.91 Å². The smallest absolute Gasteiger partial charge is 0.271 e. The molecule has 5 nitrogen and oxygen atoms in total. The maximum absolute atomic E-state index is 10.8. The highest BCUT2D eigenvalue weighted by atomic mass is 16.6. The van der Waals surface area contributed by atoms with Crippen molar-refractivity contribution in [2.24, 2.45) is 0 Å². The van der Waals surface area contributed by atoms with Crippen molar-refractivity contribution >= 4 is 28.0 Å². The lowest BCUT2D eigenvalue weighted by molar-refractivity contribution is -0.384. The lowest BCUT2D eigenvalue weighted by Crippen LogP contribution is -1.94. The number of non-ortho nitro benzene ring substituents is 1. The summed E-state index contributed by atoms with van der Waals surface area (Å²) < 4.78 is 0. The molecule has 0 aliphatic rings. The Hall–Kier alpha value is -2.95. The highest BCUT2D eigenvalue weighted by Crippen LogP contribution is 2.27. The van der Waals surface area contributed by atoms with Crippen molar-refractivity contribution in [1.82, 2.24) is 4.98 Å². The maximum Gasteiger partial charge on any atom is 0.271 e. The van der Waals surface area contributed by atoms with Gasteiger partial charge in [-0.15, -0.1) is 0 Å². The van der Waals surface area contributed by atoms with E-state index < -0.39 is 4.92 Å². The number of rotatable bonds is 3. The van der Waals surface area contributed by atoms with Gasteiger partial charge in [-0.2, -0.15) is 0 Å². The van der Waals surface area contributed by atoms with Crippen LogP contribution in [0.1, 0.15) is 5.56 Å². The molecule has 0 atom stereocenters. The first-order valence-corrected chi connectivity index (χ1v) is 6.50. The molecule has 0 saturated carbocycles. The summed E-state index contributed by atoms with van der Waals surface area (Å²) in [6.07, 6.45) is 1.72. The Labute approximate surface area is 121 Å². The number of nitrogens with one attached hydrogen (secondary N) is 1. The maximum atomic E-state index is 10.8. The molecule has 0 fully saturated rings. The third-order valence-electron chi connectivity index (χ3n) is 3.23.